The third-order valence-electron chi connectivity index (χ3n) is 4.11. The number of halogens is 3. The molecule has 0 saturated carbocycles. The molecule has 1 heterocycles. The molecule has 8 heteroatoms. The number of alkyl halides is 2. The molecule has 0 aliphatic rings. The summed E-state index contributed by atoms with van der Waals surface area (Å²) in [5, 5.41) is 0.675. The summed E-state index contributed by atoms with van der Waals surface area (Å²) in [5.41, 5.74) is -2.43. The van der Waals surface area contributed by atoms with Gasteiger partial charge in [-0.3, -0.25) is 4.57 Å². The lowest BCUT2D eigenvalue weighted by Gasteiger charge is -2.26. The number of hydrogen-bond acceptors (Lipinski definition) is 4. The Balaban J connectivity index is 2.15. The van der Waals surface area contributed by atoms with Crippen molar-refractivity contribution in [2.75, 3.05) is 13.2 Å². The predicted octanol–water partition coefficient (Wildman–Crippen LogP) is 6.98. The van der Waals surface area contributed by atoms with E-state index >= 15 is 8.78 Å². The summed E-state index contributed by atoms with van der Waals surface area (Å²) in [6.45, 7) is 2.67. The molecule has 148 valence electrons. The Labute approximate surface area is 170 Å². The first-order chi connectivity index (χ1) is 13.3. The van der Waals surface area contributed by atoms with Gasteiger partial charge in [-0.25, -0.2) is 4.98 Å². The van der Waals surface area contributed by atoms with E-state index in [4.69, 9.17) is 9.05 Å². The average molecular weight is 470 g/mol. The van der Waals surface area contributed by atoms with Crippen molar-refractivity contribution in [3.63, 3.8) is 0 Å². The average Bonchev–Trinajstić information content (AvgIpc) is 2.68. The first-order valence-electron chi connectivity index (χ1n) is 8.75. The molecule has 0 saturated heterocycles. The van der Waals surface area contributed by atoms with Crippen LogP contribution in [0.4, 0.5) is 8.78 Å². The van der Waals surface area contributed by atoms with Crippen LogP contribution in [0.3, 0.4) is 0 Å². The third-order valence-corrected chi connectivity index (χ3v) is 6.89. The summed E-state index contributed by atoms with van der Waals surface area (Å²) in [6, 6.07) is 15.8. The highest BCUT2D eigenvalue weighted by molar-refractivity contribution is 9.10. The fourth-order valence-electron chi connectivity index (χ4n) is 2.83. The Hall–Kier alpha value is -1.66. The molecule has 0 spiro atoms. The van der Waals surface area contributed by atoms with E-state index in [1.807, 2.05) is 42.5 Å². The summed E-state index contributed by atoms with van der Waals surface area (Å²) in [5.74, 6) is 0. The second-order valence-corrected chi connectivity index (χ2v) is 8.89. The van der Waals surface area contributed by atoms with Crippen LogP contribution in [-0.2, 0) is 19.3 Å². The van der Waals surface area contributed by atoms with Crippen LogP contribution >= 0.6 is 23.5 Å². The van der Waals surface area contributed by atoms with E-state index in [2.05, 4.69) is 20.9 Å². The van der Waals surface area contributed by atoms with E-state index in [-0.39, 0.29) is 17.7 Å². The highest BCUT2D eigenvalue weighted by atomic mass is 79.9. The molecule has 0 aliphatic heterocycles. The lowest BCUT2D eigenvalue weighted by molar-refractivity contribution is 0.0355. The van der Waals surface area contributed by atoms with Crippen molar-refractivity contribution >= 4 is 34.4 Å². The monoisotopic (exact) mass is 469 g/mol. The number of aromatic nitrogens is 1. The molecule has 0 atom stereocenters. The standard InChI is InChI=1S/C20H19BrF2NO3P/c1-3-26-28(25,27-4-2)20(22,23)16-13-19-15(12-17(16)21)10-11-18(24-19)14-8-6-5-7-9-14/h5-13H,3-4H2,1-2H3. The number of benzene rings is 2. The van der Waals surface area contributed by atoms with Gasteiger partial charge in [0.1, 0.15) is 0 Å². The van der Waals surface area contributed by atoms with E-state index in [0.717, 1.165) is 5.56 Å². The quantitative estimate of drug-likeness (QED) is 0.350. The molecule has 2 aromatic carbocycles. The molecule has 4 nitrogen and oxygen atoms in total. The zero-order valence-corrected chi connectivity index (χ0v) is 17.8. The maximum atomic E-state index is 15.2. The Morgan fingerprint density at radius 2 is 1.68 bits per heavy atom. The second-order valence-electron chi connectivity index (χ2n) is 5.96. The van der Waals surface area contributed by atoms with Gasteiger partial charge in [-0.1, -0.05) is 52.3 Å². The second kappa shape index (κ2) is 8.37. The van der Waals surface area contributed by atoms with E-state index in [9.17, 15) is 4.57 Å². The van der Waals surface area contributed by atoms with Gasteiger partial charge in [-0.05, 0) is 32.0 Å². The van der Waals surface area contributed by atoms with Gasteiger partial charge >= 0.3 is 13.3 Å². The fraction of sp³-hybridized carbons (Fsp3) is 0.250. The van der Waals surface area contributed by atoms with Crippen molar-refractivity contribution in [2.45, 2.75) is 19.5 Å². The van der Waals surface area contributed by atoms with Crippen molar-refractivity contribution in [3.05, 3.63) is 64.6 Å². The van der Waals surface area contributed by atoms with E-state index in [1.165, 1.54) is 26.0 Å². The topological polar surface area (TPSA) is 48.4 Å². The molecule has 0 bridgehead atoms. The number of fused-ring (bicyclic) bond motifs is 1. The SMILES string of the molecule is CCOP(=O)(OCC)C(F)(F)c1cc2nc(-c3ccccc3)ccc2cc1Br. The molecule has 28 heavy (non-hydrogen) atoms. The largest absolute Gasteiger partial charge is 0.404 e. The van der Waals surface area contributed by atoms with Crippen LogP contribution in [-0.4, -0.2) is 18.2 Å². The first kappa shape index (κ1) is 21.1. The van der Waals surface area contributed by atoms with E-state index in [1.54, 1.807) is 0 Å². The molecule has 0 fully saturated rings. The number of nitrogens with zero attached hydrogens (tertiary/aromatic N) is 1. The maximum absolute atomic E-state index is 15.2. The lowest BCUT2D eigenvalue weighted by atomic mass is 10.1. The predicted molar refractivity (Wildman–Crippen MR) is 110 cm³/mol. The van der Waals surface area contributed by atoms with Gasteiger partial charge in [0.05, 0.1) is 24.4 Å². The lowest BCUT2D eigenvalue weighted by Crippen LogP contribution is -2.19. The highest BCUT2D eigenvalue weighted by Crippen LogP contribution is 2.67. The molecule has 0 radical (unpaired) electrons. The van der Waals surface area contributed by atoms with Gasteiger partial charge in [-0.15, -0.1) is 0 Å². The van der Waals surface area contributed by atoms with Crippen LogP contribution in [0.15, 0.2) is 59.1 Å². The van der Waals surface area contributed by atoms with Crippen LogP contribution in [0.25, 0.3) is 22.2 Å². The fourth-order valence-corrected chi connectivity index (χ4v) is 5.15. The van der Waals surface area contributed by atoms with Crippen LogP contribution in [0.5, 0.6) is 0 Å². The maximum Gasteiger partial charge on any atom is 0.404 e. The minimum atomic E-state index is -4.71. The third kappa shape index (κ3) is 3.90. The van der Waals surface area contributed by atoms with Gasteiger partial charge in [0.25, 0.3) is 0 Å². The van der Waals surface area contributed by atoms with Crippen molar-refractivity contribution in [1.82, 2.24) is 4.98 Å². The van der Waals surface area contributed by atoms with Crippen LogP contribution in [0.1, 0.15) is 19.4 Å². The normalized spacial score (nSPS) is 12.5. The molecule has 0 N–H and O–H groups in total. The molecule has 3 aromatic rings. The van der Waals surface area contributed by atoms with Crippen molar-refractivity contribution < 1.29 is 22.4 Å². The van der Waals surface area contributed by atoms with Gasteiger partial charge in [0.2, 0.25) is 0 Å². The van der Waals surface area contributed by atoms with E-state index < -0.39 is 18.8 Å². The molecule has 0 aliphatic carbocycles. The number of hydrogen-bond donors (Lipinski definition) is 0. The van der Waals surface area contributed by atoms with Crippen molar-refractivity contribution in [2.24, 2.45) is 0 Å². The van der Waals surface area contributed by atoms with Crippen molar-refractivity contribution in [1.29, 1.82) is 0 Å². The van der Waals surface area contributed by atoms with Crippen LogP contribution in [0, 0.1) is 0 Å². The van der Waals surface area contributed by atoms with Crippen molar-refractivity contribution in [3.8, 4) is 11.3 Å². The van der Waals surface area contributed by atoms with E-state index in [0.29, 0.717) is 16.6 Å². The summed E-state index contributed by atoms with van der Waals surface area (Å²) in [6.07, 6.45) is 0. The Morgan fingerprint density at radius 3 is 2.29 bits per heavy atom. The Bertz CT molecular complexity index is 1020. The van der Waals surface area contributed by atoms with Crippen LogP contribution < -0.4 is 0 Å². The smallest absolute Gasteiger partial charge is 0.304 e. The van der Waals surface area contributed by atoms with Gasteiger partial charge in [0.15, 0.2) is 0 Å². The molecular formula is C20H19BrF2NO3P. The van der Waals surface area contributed by atoms with Gasteiger partial charge in [0, 0.05) is 21.0 Å². The molecule has 0 amide bonds. The summed E-state index contributed by atoms with van der Waals surface area (Å²) in [7, 11) is -4.71. The number of pyridine rings is 1. The number of rotatable bonds is 7. The molecule has 0 unspecified atom stereocenters. The van der Waals surface area contributed by atoms with Gasteiger partial charge < -0.3 is 9.05 Å². The molecule has 1 aromatic heterocycles. The first-order valence-corrected chi connectivity index (χ1v) is 11.1. The van der Waals surface area contributed by atoms with Crippen LogP contribution in [0.2, 0.25) is 0 Å². The summed E-state index contributed by atoms with van der Waals surface area (Å²) in [4.78, 5) is 4.51. The Kier molecular flexibility index (Phi) is 6.30. The minimum absolute atomic E-state index is 0.110. The zero-order chi connectivity index (χ0) is 20.4. The molecule has 3 rings (SSSR count). The Morgan fingerprint density at radius 1 is 1.04 bits per heavy atom. The minimum Gasteiger partial charge on any atom is -0.304 e. The molecular weight excluding hydrogens is 451 g/mol. The van der Waals surface area contributed by atoms with Gasteiger partial charge in [-0.2, -0.15) is 8.78 Å². The highest BCUT2D eigenvalue weighted by Gasteiger charge is 2.55. The summed E-state index contributed by atoms with van der Waals surface area (Å²) < 4.78 is 53.1. The summed E-state index contributed by atoms with van der Waals surface area (Å²) >= 11 is 3.17. The zero-order valence-electron chi connectivity index (χ0n) is 15.4.